The first-order valence-electron chi connectivity index (χ1n) is 6.75. The van der Waals surface area contributed by atoms with Gasteiger partial charge in [0.25, 0.3) is 0 Å². The van der Waals surface area contributed by atoms with Crippen LogP contribution in [-0.4, -0.2) is 4.37 Å². The molecule has 0 aliphatic carbocycles. The number of rotatable bonds is 7. The molecule has 0 bridgehead atoms. The summed E-state index contributed by atoms with van der Waals surface area (Å²) in [6.45, 7) is 2.27. The van der Waals surface area contributed by atoms with Crippen LogP contribution < -0.4 is 0 Å². The highest BCUT2D eigenvalue weighted by molar-refractivity contribution is 7.13. The molecule has 0 atom stereocenters. The summed E-state index contributed by atoms with van der Waals surface area (Å²) >= 11 is 1.64. The molecule has 1 aromatic carbocycles. The van der Waals surface area contributed by atoms with Gasteiger partial charge >= 0.3 is 0 Å². The van der Waals surface area contributed by atoms with Crippen molar-refractivity contribution in [3.8, 4) is 0 Å². The lowest BCUT2D eigenvalue weighted by Gasteiger charge is -1.99. The molecule has 0 unspecified atom stereocenters. The molecule has 0 saturated heterocycles. The summed E-state index contributed by atoms with van der Waals surface area (Å²) in [6, 6.07) is 8.57. The number of unbranched alkanes of at least 4 members (excludes halogenated alkanes) is 5. The lowest BCUT2D eigenvalue weighted by atomic mass is 10.1. The van der Waals surface area contributed by atoms with E-state index < -0.39 is 0 Å². The molecule has 1 nitrogen and oxygen atoms in total. The van der Waals surface area contributed by atoms with Gasteiger partial charge in [-0.15, -0.1) is 0 Å². The molecule has 1 aromatic heterocycles. The van der Waals surface area contributed by atoms with Crippen LogP contribution in [0.5, 0.6) is 0 Å². The third kappa shape index (κ3) is 3.53. The number of aryl methyl sites for hydroxylation is 1. The number of nitrogens with zero attached hydrogens (tertiary/aromatic N) is 1. The van der Waals surface area contributed by atoms with Crippen molar-refractivity contribution in [1.29, 1.82) is 0 Å². The predicted molar refractivity (Wildman–Crippen MR) is 76.7 cm³/mol. The van der Waals surface area contributed by atoms with Crippen LogP contribution in [0.25, 0.3) is 10.1 Å². The predicted octanol–water partition coefficient (Wildman–Crippen LogP) is 5.20. The first-order valence-corrected chi connectivity index (χ1v) is 7.52. The van der Waals surface area contributed by atoms with Gasteiger partial charge in [0, 0.05) is 5.39 Å². The van der Waals surface area contributed by atoms with E-state index in [1.165, 1.54) is 54.3 Å². The maximum Gasteiger partial charge on any atom is 0.0620 e. The van der Waals surface area contributed by atoms with Gasteiger partial charge in [-0.05, 0) is 30.4 Å². The van der Waals surface area contributed by atoms with Gasteiger partial charge in [-0.1, -0.05) is 57.2 Å². The Labute approximate surface area is 108 Å². The SMILES string of the molecule is CCCCCCCCc1nsc2ccccc12. The molecule has 0 N–H and O–H groups in total. The van der Waals surface area contributed by atoms with E-state index in [9.17, 15) is 0 Å². The van der Waals surface area contributed by atoms with Crippen molar-refractivity contribution in [2.75, 3.05) is 0 Å². The molecule has 0 fully saturated rings. The minimum Gasteiger partial charge on any atom is -0.196 e. The van der Waals surface area contributed by atoms with E-state index in [4.69, 9.17) is 0 Å². The summed E-state index contributed by atoms with van der Waals surface area (Å²) in [5, 5.41) is 1.37. The molecule has 2 rings (SSSR count). The second-order valence-corrected chi connectivity index (χ2v) is 5.45. The molecule has 2 heteroatoms. The van der Waals surface area contributed by atoms with Crippen molar-refractivity contribution in [2.45, 2.75) is 51.9 Å². The standard InChI is InChI=1S/C15H21NS/c1-2-3-4-5-6-7-11-14-13-10-8-9-12-15(13)17-16-14/h8-10,12H,2-7,11H2,1H3. The maximum atomic E-state index is 4.57. The van der Waals surface area contributed by atoms with Crippen molar-refractivity contribution < 1.29 is 0 Å². The maximum absolute atomic E-state index is 4.57. The summed E-state index contributed by atoms with van der Waals surface area (Å²) in [4.78, 5) is 0. The Morgan fingerprint density at radius 3 is 2.65 bits per heavy atom. The molecule has 0 spiro atoms. The monoisotopic (exact) mass is 247 g/mol. The fraction of sp³-hybridized carbons (Fsp3) is 0.533. The van der Waals surface area contributed by atoms with Crippen LogP contribution in [0, 0.1) is 0 Å². The lowest BCUT2D eigenvalue weighted by molar-refractivity contribution is 0.606. The van der Waals surface area contributed by atoms with Crippen LogP contribution in [0.4, 0.5) is 0 Å². The van der Waals surface area contributed by atoms with E-state index in [2.05, 4.69) is 35.6 Å². The van der Waals surface area contributed by atoms with E-state index in [1.54, 1.807) is 11.5 Å². The zero-order valence-corrected chi connectivity index (χ0v) is 11.4. The van der Waals surface area contributed by atoms with E-state index in [0.717, 1.165) is 6.42 Å². The highest BCUT2D eigenvalue weighted by Crippen LogP contribution is 2.23. The van der Waals surface area contributed by atoms with Crippen LogP contribution in [0.3, 0.4) is 0 Å². The van der Waals surface area contributed by atoms with Crippen LogP contribution in [0.2, 0.25) is 0 Å². The minimum atomic E-state index is 1.15. The largest absolute Gasteiger partial charge is 0.196 e. The van der Waals surface area contributed by atoms with Crippen molar-refractivity contribution in [3.63, 3.8) is 0 Å². The van der Waals surface area contributed by atoms with Crippen LogP contribution in [-0.2, 0) is 6.42 Å². The zero-order chi connectivity index (χ0) is 11.9. The molecule has 0 amide bonds. The molecular formula is C15H21NS. The number of fused-ring (bicyclic) bond motifs is 1. The summed E-state index contributed by atoms with van der Waals surface area (Å²) in [7, 11) is 0. The van der Waals surface area contributed by atoms with Gasteiger partial charge in [0.1, 0.15) is 0 Å². The van der Waals surface area contributed by atoms with E-state index in [-0.39, 0.29) is 0 Å². The smallest absolute Gasteiger partial charge is 0.0620 e. The topological polar surface area (TPSA) is 12.9 Å². The number of hydrogen-bond donors (Lipinski definition) is 0. The van der Waals surface area contributed by atoms with Gasteiger partial charge in [0.15, 0.2) is 0 Å². The van der Waals surface area contributed by atoms with Gasteiger partial charge in [0.2, 0.25) is 0 Å². The quantitative estimate of drug-likeness (QED) is 0.613. The summed E-state index contributed by atoms with van der Waals surface area (Å²) in [5.74, 6) is 0. The Hall–Kier alpha value is -0.890. The molecule has 2 aromatic rings. The van der Waals surface area contributed by atoms with Crippen molar-refractivity contribution in [1.82, 2.24) is 4.37 Å². The van der Waals surface area contributed by atoms with Gasteiger partial charge in [0.05, 0.1) is 10.4 Å². The molecule has 92 valence electrons. The average Bonchev–Trinajstić information content (AvgIpc) is 2.77. The van der Waals surface area contributed by atoms with Gasteiger partial charge in [-0.25, -0.2) is 0 Å². The molecule has 1 heterocycles. The molecule has 0 saturated carbocycles. The Kier molecular flexibility index (Phi) is 4.99. The van der Waals surface area contributed by atoms with E-state index >= 15 is 0 Å². The highest BCUT2D eigenvalue weighted by Gasteiger charge is 2.04. The van der Waals surface area contributed by atoms with Crippen molar-refractivity contribution in [2.24, 2.45) is 0 Å². The Bertz CT molecular complexity index is 447. The highest BCUT2D eigenvalue weighted by atomic mass is 32.1. The van der Waals surface area contributed by atoms with Gasteiger partial charge in [-0.3, -0.25) is 0 Å². The third-order valence-corrected chi connectivity index (χ3v) is 4.08. The Balaban J connectivity index is 1.79. The number of hydrogen-bond acceptors (Lipinski definition) is 2. The fourth-order valence-electron chi connectivity index (χ4n) is 2.19. The Morgan fingerprint density at radius 2 is 1.76 bits per heavy atom. The molecule has 0 radical (unpaired) electrons. The van der Waals surface area contributed by atoms with Gasteiger partial charge < -0.3 is 0 Å². The minimum absolute atomic E-state index is 1.15. The fourth-order valence-corrected chi connectivity index (χ4v) is 3.01. The first-order chi connectivity index (χ1) is 8.42. The molecule has 0 aliphatic rings. The number of benzene rings is 1. The van der Waals surface area contributed by atoms with Crippen LogP contribution >= 0.6 is 11.5 Å². The van der Waals surface area contributed by atoms with Crippen LogP contribution in [0.15, 0.2) is 24.3 Å². The number of aromatic nitrogens is 1. The van der Waals surface area contributed by atoms with E-state index in [1.807, 2.05) is 0 Å². The molecule has 17 heavy (non-hydrogen) atoms. The average molecular weight is 247 g/mol. The van der Waals surface area contributed by atoms with Gasteiger partial charge in [-0.2, -0.15) is 4.37 Å². The first kappa shape index (κ1) is 12.6. The summed E-state index contributed by atoms with van der Waals surface area (Å²) in [6.07, 6.45) is 9.29. The van der Waals surface area contributed by atoms with E-state index in [0.29, 0.717) is 0 Å². The second-order valence-electron chi connectivity index (χ2n) is 4.64. The lowest BCUT2D eigenvalue weighted by Crippen LogP contribution is -1.86. The summed E-state index contributed by atoms with van der Waals surface area (Å²) < 4.78 is 5.90. The van der Waals surface area contributed by atoms with Crippen LogP contribution in [0.1, 0.15) is 51.1 Å². The normalized spacial score (nSPS) is 11.1. The Morgan fingerprint density at radius 1 is 1.00 bits per heavy atom. The van der Waals surface area contributed by atoms with Crippen molar-refractivity contribution in [3.05, 3.63) is 30.0 Å². The van der Waals surface area contributed by atoms with Crippen molar-refractivity contribution >= 4 is 21.6 Å². The molecular weight excluding hydrogens is 226 g/mol. The zero-order valence-electron chi connectivity index (χ0n) is 10.6. The summed E-state index contributed by atoms with van der Waals surface area (Å²) in [5.41, 5.74) is 1.31. The third-order valence-electron chi connectivity index (χ3n) is 3.22. The molecule has 0 aliphatic heterocycles. The second kappa shape index (κ2) is 6.75.